The van der Waals surface area contributed by atoms with Crippen LogP contribution in [0.4, 0.5) is 8.78 Å². The van der Waals surface area contributed by atoms with Gasteiger partial charge in [-0.1, -0.05) is 6.07 Å². The maximum Gasteiger partial charge on any atom is 0.272 e. The van der Waals surface area contributed by atoms with Crippen LogP contribution < -0.4 is 4.74 Å². The Labute approximate surface area is 82.9 Å². The number of alkyl halides is 2. The van der Waals surface area contributed by atoms with E-state index in [-0.39, 0.29) is 0 Å². The molecule has 12 heavy (non-hydrogen) atoms. The highest BCUT2D eigenvalue weighted by molar-refractivity contribution is 14.1. The van der Waals surface area contributed by atoms with Crippen LogP contribution in [-0.2, 0) is 0 Å². The van der Waals surface area contributed by atoms with Gasteiger partial charge in [-0.2, -0.15) is 0 Å². The topological polar surface area (TPSA) is 9.23 Å². The summed E-state index contributed by atoms with van der Waals surface area (Å²) >= 11 is 2.09. The van der Waals surface area contributed by atoms with Crippen molar-refractivity contribution in [2.45, 2.75) is 6.43 Å². The summed E-state index contributed by atoms with van der Waals surface area (Å²) in [5.74, 6) is 0.488. The SMILES string of the molecule is FC(F)COc1cccc(I)c1. The molecule has 4 heteroatoms. The molecule has 0 aliphatic heterocycles. The van der Waals surface area contributed by atoms with Crippen LogP contribution in [0.15, 0.2) is 24.3 Å². The minimum Gasteiger partial charge on any atom is -0.488 e. The zero-order valence-corrected chi connectivity index (χ0v) is 8.29. The Balaban J connectivity index is 2.52. The van der Waals surface area contributed by atoms with E-state index in [4.69, 9.17) is 4.74 Å². The third-order valence-electron chi connectivity index (χ3n) is 1.17. The largest absolute Gasteiger partial charge is 0.488 e. The molecular formula is C8H7F2IO. The highest BCUT2D eigenvalue weighted by Gasteiger charge is 2.02. The lowest BCUT2D eigenvalue weighted by molar-refractivity contribution is 0.0819. The molecule has 0 heterocycles. The van der Waals surface area contributed by atoms with E-state index in [0.29, 0.717) is 5.75 Å². The molecule has 66 valence electrons. The van der Waals surface area contributed by atoms with Crippen molar-refractivity contribution < 1.29 is 13.5 Å². The Hall–Kier alpha value is -0.390. The Morgan fingerprint density at radius 3 is 2.75 bits per heavy atom. The lowest BCUT2D eigenvalue weighted by atomic mass is 10.3. The molecule has 0 spiro atoms. The van der Waals surface area contributed by atoms with Gasteiger partial charge in [0.2, 0.25) is 0 Å². The van der Waals surface area contributed by atoms with Gasteiger partial charge in [-0.25, -0.2) is 8.78 Å². The fraction of sp³-hybridized carbons (Fsp3) is 0.250. The Kier molecular flexibility index (Phi) is 3.71. The standard InChI is InChI=1S/C8H7F2IO/c9-8(10)5-12-7-3-1-2-6(11)4-7/h1-4,8H,5H2. The second-order valence-corrected chi connectivity index (χ2v) is 3.41. The quantitative estimate of drug-likeness (QED) is 0.775. The van der Waals surface area contributed by atoms with Gasteiger partial charge in [-0.05, 0) is 40.8 Å². The van der Waals surface area contributed by atoms with E-state index in [1.165, 1.54) is 0 Å². The summed E-state index contributed by atoms with van der Waals surface area (Å²) in [6.07, 6.45) is -2.41. The molecular weight excluding hydrogens is 277 g/mol. The number of hydrogen-bond acceptors (Lipinski definition) is 1. The molecule has 0 aromatic heterocycles. The van der Waals surface area contributed by atoms with Crippen molar-refractivity contribution in [1.29, 1.82) is 0 Å². The van der Waals surface area contributed by atoms with Gasteiger partial charge in [0.05, 0.1) is 0 Å². The molecule has 1 aromatic carbocycles. The van der Waals surface area contributed by atoms with Crippen molar-refractivity contribution in [2.75, 3.05) is 6.61 Å². The van der Waals surface area contributed by atoms with Crippen LogP contribution in [0, 0.1) is 3.57 Å². The summed E-state index contributed by atoms with van der Waals surface area (Å²) in [5, 5.41) is 0. The van der Waals surface area contributed by atoms with Crippen LogP contribution >= 0.6 is 22.6 Å². The third kappa shape index (κ3) is 3.34. The molecule has 0 unspecified atom stereocenters. The van der Waals surface area contributed by atoms with Crippen LogP contribution in [0.3, 0.4) is 0 Å². The first-order valence-electron chi connectivity index (χ1n) is 3.35. The summed E-state index contributed by atoms with van der Waals surface area (Å²) in [6.45, 7) is -0.542. The average Bonchev–Trinajstić information content (AvgIpc) is 2.01. The Bertz CT molecular complexity index is 253. The van der Waals surface area contributed by atoms with Crippen LogP contribution in [0.5, 0.6) is 5.75 Å². The van der Waals surface area contributed by atoms with E-state index < -0.39 is 13.0 Å². The van der Waals surface area contributed by atoms with Crippen LogP contribution in [0.1, 0.15) is 0 Å². The van der Waals surface area contributed by atoms with E-state index in [1.54, 1.807) is 18.2 Å². The molecule has 0 fully saturated rings. The first kappa shape index (κ1) is 9.70. The molecule has 0 atom stereocenters. The number of hydrogen-bond donors (Lipinski definition) is 0. The molecule has 1 rings (SSSR count). The van der Waals surface area contributed by atoms with Crippen molar-refractivity contribution in [1.82, 2.24) is 0 Å². The number of ether oxygens (including phenoxy) is 1. The van der Waals surface area contributed by atoms with Gasteiger partial charge in [0.15, 0.2) is 0 Å². The van der Waals surface area contributed by atoms with E-state index >= 15 is 0 Å². The lowest BCUT2D eigenvalue weighted by Crippen LogP contribution is -2.06. The second-order valence-electron chi connectivity index (χ2n) is 2.16. The normalized spacial score (nSPS) is 10.3. The van der Waals surface area contributed by atoms with Crippen LogP contribution in [0.25, 0.3) is 0 Å². The van der Waals surface area contributed by atoms with Crippen molar-refractivity contribution in [3.8, 4) is 5.75 Å². The van der Waals surface area contributed by atoms with E-state index in [1.807, 2.05) is 6.07 Å². The van der Waals surface area contributed by atoms with Gasteiger partial charge >= 0.3 is 0 Å². The van der Waals surface area contributed by atoms with Crippen molar-refractivity contribution in [3.63, 3.8) is 0 Å². The Morgan fingerprint density at radius 2 is 2.17 bits per heavy atom. The maximum atomic E-state index is 11.7. The second kappa shape index (κ2) is 4.59. The summed E-state index contributed by atoms with van der Waals surface area (Å²) in [5.41, 5.74) is 0. The zero-order chi connectivity index (χ0) is 8.97. The van der Waals surface area contributed by atoms with Gasteiger partial charge in [-0.15, -0.1) is 0 Å². The van der Waals surface area contributed by atoms with Gasteiger partial charge in [0.25, 0.3) is 6.43 Å². The van der Waals surface area contributed by atoms with Gasteiger partial charge in [0.1, 0.15) is 12.4 Å². The fourth-order valence-corrected chi connectivity index (χ4v) is 1.23. The maximum absolute atomic E-state index is 11.7. The van der Waals surface area contributed by atoms with Crippen molar-refractivity contribution >= 4 is 22.6 Å². The zero-order valence-electron chi connectivity index (χ0n) is 6.14. The highest BCUT2D eigenvalue weighted by Crippen LogP contribution is 2.15. The average molecular weight is 284 g/mol. The molecule has 0 saturated carbocycles. The minimum atomic E-state index is -2.41. The lowest BCUT2D eigenvalue weighted by Gasteiger charge is -2.04. The molecule has 0 aliphatic rings. The van der Waals surface area contributed by atoms with Crippen LogP contribution in [-0.4, -0.2) is 13.0 Å². The fourth-order valence-electron chi connectivity index (χ4n) is 0.716. The summed E-state index contributed by atoms with van der Waals surface area (Å²) in [7, 11) is 0. The number of benzene rings is 1. The first-order valence-corrected chi connectivity index (χ1v) is 4.43. The summed E-state index contributed by atoms with van der Waals surface area (Å²) in [4.78, 5) is 0. The number of rotatable bonds is 3. The Morgan fingerprint density at radius 1 is 1.42 bits per heavy atom. The van der Waals surface area contributed by atoms with Gasteiger partial charge in [0, 0.05) is 3.57 Å². The van der Waals surface area contributed by atoms with Gasteiger partial charge in [-0.3, -0.25) is 0 Å². The molecule has 0 aliphatic carbocycles. The van der Waals surface area contributed by atoms with Crippen LogP contribution in [0.2, 0.25) is 0 Å². The third-order valence-corrected chi connectivity index (χ3v) is 1.84. The molecule has 1 nitrogen and oxygen atoms in total. The number of halogens is 3. The molecule has 1 aromatic rings. The first-order chi connectivity index (χ1) is 5.68. The smallest absolute Gasteiger partial charge is 0.272 e. The summed E-state index contributed by atoms with van der Waals surface area (Å²) < 4.78 is 29.2. The molecule has 0 N–H and O–H groups in total. The molecule has 0 amide bonds. The van der Waals surface area contributed by atoms with Crippen molar-refractivity contribution in [3.05, 3.63) is 27.8 Å². The van der Waals surface area contributed by atoms with Crippen molar-refractivity contribution in [2.24, 2.45) is 0 Å². The summed E-state index contributed by atoms with van der Waals surface area (Å²) in [6, 6.07) is 7.01. The minimum absolute atomic E-state index is 0.488. The molecule has 0 bridgehead atoms. The predicted molar refractivity (Wildman–Crippen MR) is 50.7 cm³/mol. The van der Waals surface area contributed by atoms with E-state index in [9.17, 15) is 8.78 Å². The van der Waals surface area contributed by atoms with Gasteiger partial charge < -0.3 is 4.74 Å². The van der Waals surface area contributed by atoms with E-state index in [2.05, 4.69) is 22.6 Å². The highest BCUT2D eigenvalue weighted by atomic mass is 127. The van der Waals surface area contributed by atoms with E-state index in [0.717, 1.165) is 3.57 Å². The molecule has 0 radical (unpaired) electrons. The molecule has 0 saturated heterocycles. The monoisotopic (exact) mass is 284 g/mol. The predicted octanol–water partition coefficient (Wildman–Crippen LogP) is 2.94.